The summed E-state index contributed by atoms with van der Waals surface area (Å²) in [4.78, 5) is 4.32. The van der Waals surface area contributed by atoms with E-state index in [9.17, 15) is 0 Å². The predicted octanol–water partition coefficient (Wildman–Crippen LogP) is 1.81. The molecule has 1 aromatic rings. The van der Waals surface area contributed by atoms with Crippen LogP contribution < -0.4 is 0 Å². The second kappa shape index (κ2) is 2.31. The van der Waals surface area contributed by atoms with Crippen molar-refractivity contribution in [2.45, 2.75) is 6.42 Å². The number of oxazole rings is 1. The third-order valence-electron chi connectivity index (χ3n) is 0.772. The maximum atomic E-state index is 4.98. The summed E-state index contributed by atoms with van der Waals surface area (Å²) in [6.45, 7) is 3.61. The molecule has 0 bridgehead atoms. The normalized spacial score (nSPS) is 9.75. The topological polar surface area (TPSA) is 26.0 Å². The van der Waals surface area contributed by atoms with E-state index in [1.807, 2.05) is 0 Å². The van der Waals surface area contributed by atoms with Gasteiger partial charge in [-0.3, -0.25) is 0 Å². The number of hydrogen-bond acceptors (Lipinski definition) is 2. The summed E-state index contributed by atoms with van der Waals surface area (Å²) in [5.74, 6) is 0.803. The first-order valence-corrected chi connectivity index (χ1v) is 3.01. The minimum Gasteiger partial charge on any atom is -0.436 e. The molecule has 0 aliphatic rings. The lowest BCUT2D eigenvalue weighted by Crippen LogP contribution is -1.68. The lowest BCUT2D eigenvalue weighted by molar-refractivity contribution is 0.490. The van der Waals surface area contributed by atoms with Crippen LogP contribution in [0.5, 0.6) is 0 Å². The third kappa shape index (κ3) is 1.10. The Morgan fingerprint density at radius 1 is 1.88 bits per heavy atom. The monoisotopic (exact) mass is 174 g/mol. The van der Waals surface area contributed by atoms with Gasteiger partial charge in [-0.15, -0.1) is 0 Å². The van der Waals surface area contributed by atoms with E-state index in [0.717, 1.165) is 5.76 Å². The molecule has 1 aromatic heterocycles. The molecule has 1 heterocycles. The Kier molecular flexibility index (Phi) is 1.68. The average Bonchev–Trinajstić information content (AvgIpc) is 2.14. The summed E-state index contributed by atoms with van der Waals surface area (Å²) in [5.41, 5.74) is 0. The van der Waals surface area contributed by atoms with E-state index in [-0.39, 0.29) is 0 Å². The van der Waals surface area contributed by atoms with Gasteiger partial charge < -0.3 is 4.42 Å². The van der Waals surface area contributed by atoms with Crippen molar-refractivity contribution in [3.05, 3.63) is 23.7 Å². The van der Waals surface area contributed by atoms with Crippen molar-refractivity contribution in [3.8, 4) is 0 Å². The Morgan fingerprint density at radius 2 is 2.62 bits per heavy atom. The Hall–Kier alpha value is -0.310. The van der Waals surface area contributed by atoms with Gasteiger partial charge in [-0.1, -0.05) is 0 Å². The summed E-state index contributed by atoms with van der Waals surface area (Å²) < 4.78 is 4.98. The SMILES string of the molecule is [CH2]Cc1cnc(Br)o1. The highest BCUT2D eigenvalue weighted by atomic mass is 79.9. The van der Waals surface area contributed by atoms with Gasteiger partial charge in [0.2, 0.25) is 0 Å². The van der Waals surface area contributed by atoms with Crippen LogP contribution in [-0.4, -0.2) is 4.98 Å². The van der Waals surface area contributed by atoms with Crippen LogP contribution in [0.1, 0.15) is 5.76 Å². The van der Waals surface area contributed by atoms with E-state index in [1.54, 1.807) is 6.20 Å². The predicted molar refractivity (Wildman–Crippen MR) is 33.3 cm³/mol. The molecule has 3 heteroatoms. The van der Waals surface area contributed by atoms with Crippen LogP contribution in [0.3, 0.4) is 0 Å². The Morgan fingerprint density at radius 3 is 2.88 bits per heavy atom. The molecular formula is C5H5BrNO. The summed E-state index contributed by atoms with van der Waals surface area (Å²) in [6.07, 6.45) is 2.30. The molecule has 1 radical (unpaired) electrons. The van der Waals surface area contributed by atoms with E-state index < -0.39 is 0 Å². The van der Waals surface area contributed by atoms with E-state index >= 15 is 0 Å². The number of rotatable bonds is 1. The molecule has 0 aliphatic carbocycles. The Bertz CT molecular complexity index is 173. The van der Waals surface area contributed by atoms with Gasteiger partial charge in [-0.25, -0.2) is 4.98 Å². The van der Waals surface area contributed by atoms with Gasteiger partial charge in [0.05, 0.1) is 6.20 Å². The summed E-state index contributed by atoms with van der Waals surface area (Å²) in [7, 11) is 0. The first-order chi connectivity index (χ1) is 3.83. The molecule has 0 atom stereocenters. The highest BCUT2D eigenvalue weighted by molar-refractivity contribution is 9.10. The standard InChI is InChI=1S/C5H5BrNO/c1-2-4-3-7-5(6)8-4/h3H,1-2H2. The lowest BCUT2D eigenvalue weighted by Gasteiger charge is -1.79. The molecule has 0 saturated heterocycles. The maximum Gasteiger partial charge on any atom is 0.264 e. The second-order valence-electron chi connectivity index (χ2n) is 1.33. The molecule has 0 aliphatic heterocycles. The van der Waals surface area contributed by atoms with E-state index in [2.05, 4.69) is 27.8 Å². The van der Waals surface area contributed by atoms with Crippen molar-refractivity contribution in [3.63, 3.8) is 0 Å². The molecule has 0 unspecified atom stereocenters. The van der Waals surface area contributed by atoms with Crippen molar-refractivity contribution in [2.24, 2.45) is 0 Å². The Labute approximate surface area is 56.0 Å². The van der Waals surface area contributed by atoms with Crippen molar-refractivity contribution in [1.29, 1.82) is 0 Å². The molecule has 2 nitrogen and oxygen atoms in total. The van der Waals surface area contributed by atoms with Crippen LogP contribution >= 0.6 is 15.9 Å². The van der Waals surface area contributed by atoms with Gasteiger partial charge >= 0.3 is 0 Å². The van der Waals surface area contributed by atoms with Gasteiger partial charge in [0.15, 0.2) is 0 Å². The van der Waals surface area contributed by atoms with E-state index in [4.69, 9.17) is 4.42 Å². The number of halogens is 1. The summed E-state index contributed by atoms with van der Waals surface area (Å²) in [6, 6.07) is 0. The molecule has 0 N–H and O–H groups in total. The fourth-order valence-corrected chi connectivity index (χ4v) is 0.709. The van der Waals surface area contributed by atoms with Gasteiger partial charge in [0.25, 0.3) is 4.80 Å². The van der Waals surface area contributed by atoms with Crippen molar-refractivity contribution in [1.82, 2.24) is 4.98 Å². The summed E-state index contributed by atoms with van der Waals surface area (Å²) >= 11 is 3.07. The quantitative estimate of drug-likeness (QED) is 0.650. The second-order valence-corrected chi connectivity index (χ2v) is 2.01. The van der Waals surface area contributed by atoms with Crippen LogP contribution in [-0.2, 0) is 6.42 Å². The van der Waals surface area contributed by atoms with Gasteiger partial charge in [0.1, 0.15) is 5.76 Å². The lowest BCUT2D eigenvalue weighted by atomic mass is 10.4. The van der Waals surface area contributed by atoms with Crippen molar-refractivity contribution < 1.29 is 4.42 Å². The molecule has 43 valence electrons. The number of nitrogens with zero attached hydrogens (tertiary/aromatic N) is 1. The zero-order valence-electron chi connectivity index (χ0n) is 4.22. The largest absolute Gasteiger partial charge is 0.436 e. The van der Waals surface area contributed by atoms with Gasteiger partial charge in [-0.2, -0.15) is 0 Å². The zero-order valence-corrected chi connectivity index (χ0v) is 5.81. The molecule has 0 aromatic carbocycles. The molecule has 8 heavy (non-hydrogen) atoms. The minimum absolute atomic E-state index is 0.524. The first kappa shape index (κ1) is 5.82. The van der Waals surface area contributed by atoms with Crippen molar-refractivity contribution >= 4 is 15.9 Å². The van der Waals surface area contributed by atoms with E-state index in [0.29, 0.717) is 11.2 Å². The van der Waals surface area contributed by atoms with Crippen LogP contribution in [0.2, 0.25) is 0 Å². The number of aromatic nitrogens is 1. The van der Waals surface area contributed by atoms with Crippen LogP contribution in [0.4, 0.5) is 0 Å². The number of hydrogen-bond donors (Lipinski definition) is 0. The summed E-state index contributed by atoms with van der Waals surface area (Å²) in [5, 5.41) is 0. The van der Waals surface area contributed by atoms with E-state index in [1.165, 1.54) is 0 Å². The fraction of sp³-hybridized carbons (Fsp3) is 0.200. The van der Waals surface area contributed by atoms with Crippen molar-refractivity contribution in [2.75, 3.05) is 0 Å². The highest BCUT2D eigenvalue weighted by Crippen LogP contribution is 2.08. The third-order valence-corrected chi connectivity index (χ3v) is 1.14. The van der Waals surface area contributed by atoms with Gasteiger partial charge in [0, 0.05) is 22.4 Å². The fourth-order valence-electron chi connectivity index (χ4n) is 0.399. The smallest absolute Gasteiger partial charge is 0.264 e. The van der Waals surface area contributed by atoms with Crippen LogP contribution in [0, 0.1) is 6.92 Å². The molecule has 1 rings (SSSR count). The molecule has 0 amide bonds. The molecule has 0 fully saturated rings. The minimum atomic E-state index is 0.524. The molecule has 0 spiro atoms. The van der Waals surface area contributed by atoms with Crippen LogP contribution in [0.15, 0.2) is 15.4 Å². The average molecular weight is 175 g/mol. The molecular weight excluding hydrogens is 170 g/mol. The zero-order chi connectivity index (χ0) is 5.98. The first-order valence-electron chi connectivity index (χ1n) is 2.22. The molecule has 0 saturated carbocycles. The highest BCUT2D eigenvalue weighted by Gasteiger charge is 1.94. The van der Waals surface area contributed by atoms with Crippen LogP contribution in [0.25, 0.3) is 0 Å². The van der Waals surface area contributed by atoms with Gasteiger partial charge in [-0.05, 0) is 6.92 Å². The Balaban J connectivity index is 2.84. The maximum absolute atomic E-state index is 4.98.